The van der Waals surface area contributed by atoms with E-state index in [-0.39, 0.29) is 5.82 Å². The van der Waals surface area contributed by atoms with E-state index in [9.17, 15) is 4.39 Å². The third kappa shape index (κ3) is 3.93. The molecule has 2 heterocycles. The number of nitrogens with one attached hydrogen (secondary N) is 1. The van der Waals surface area contributed by atoms with E-state index in [2.05, 4.69) is 38.9 Å². The summed E-state index contributed by atoms with van der Waals surface area (Å²) in [6.07, 6.45) is 1.79. The molecule has 6 heteroatoms. The zero-order valence-corrected chi connectivity index (χ0v) is 14.2. The summed E-state index contributed by atoms with van der Waals surface area (Å²) in [7, 11) is 0. The first-order chi connectivity index (χ1) is 11.6. The Morgan fingerprint density at radius 2 is 1.79 bits per heavy atom. The van der Waals surface area contributed by atoms with Gasteiger partial charge in [0.1, 0.15) is 11.6 Å². The largest absolute Gasteiger partial charge is 0.366 e. The summed E-state index contributed by atoms with van der Waals surface area (Å²) < 4.78 is 13.9. The molecule has 0 spiro atoms. The number of aromatic nitrogens is 2. The quantitative estimate of drug-likeness (QED) is 0.913. The van der Waals surface area contributed by atoms with Crippen LogP contribution in [0.3, 0.4) is 0 Å². The summed E-state index contributed by atoms with van der Waals surface area (Å²) in [5.41, 5.74) is 0.680. The minimum absolute atomic E-state index is 0.159. The van der Waals surface area contributed by atoms with Gasteiger partial charge in [0, 0.05) is 38.9 Å². The summed E-state index contributed by atoms with van der Waals surface area (Å²) in [5.74, 6) is 1.97. The van der Waals surface area contributed by atoms with Crippen molar-refractivity contribution in [2.24, 2.45) is 5.92 Å². The van der Waals surface area contributed by atoms with Crippen molar-refractivity contribution in [3.8, 4) is 0 Å². The van der Waals surface area contributed by atoms with Gasteiger partial charge < -0.3 is 15.1 Å². The van der Waals surface area contributed by atoms with Gasteiger partial charge in [0.05, 0.1) is 5.69 Å². The Labute approximate surface area is 142 Å². The van der Waals surface area contributed by atoms with Gasteiger partial charge in [-0.2, -0.15) is 4.98 Å². The minimum Gasteiger partial charge on any atom is -0.366 e. The number of rotatable bonds is 5. The summed E-state index contributed by atoms with van der Waals surface area (Å²) in [6.45, 7) is 8.34. The first-order valence-electron chi connectivity index (χ1n) is 8.45. The van der Waals surface area contributed by atoms with E-state index < -0.39 is 0 Å². The highest BCUT2D eigenvalue weighted by Crippen LogP contribution is 2.22. The van der Waals surface area contributed by atoms with Gasteiger partial charge in [-0.3, -0.25) is 0 Å². The zero-order valence-electron chi connectivity index (χ0n) is 14.2. The Balaban J connectivity index is 1.62. The number of piperazine rings is 1. The summed E-state index contributed by atoms with van der Waals surface area (Å²) >= 11 is 0. The Kier molecular flexibility index (Phi) is 5.13. The van der Waals surface area contributed by atoms with Crippen molar-refractivity contribution < 1.29 is 4.39 Å². The molecule has 1 N–H and O–H groups in total. The van der Waals surface area contributed by atoms with Crippen LogP contribution in [0.2, 0.25) is 0 Å². The van der Waals surface area contributed by atoms with Crippen molar-refractivity contribution in [2.45, 2.75) is 13.8 Å². The molecule has 0 radical (unpaired) electrons. The van der Waals surface area contributed by atoms with E-state index in [1.165, 1.54) is 6.07 Å². The van der Waals surface area contributed by atoms with E-state index >= 15 is 0 Å². The smallest absolute Gasteiger partial charge is 0.224 e. The second-order valence-electron chi connectivity index (χ2n) is 6.44. The molecule has 5 nitrogen and oxygen atoms in total. The lowest BCUT2D eigenvalue weighted by Crippen LogP contribution is -2.47. The summed E-state index contributed by atoms with van der Waals surface area (Å²) in [6, 6.07) is 8.88. The number of benzene rings is 1. The monoisotopic (exact) mass is 329 g/mol. The van der Waals surface area contributed by atoms with Gasteiger partial charge in [-0.15, -0.1) is 0 Å². The maximum absolute atomic E-state index is 13.9. The maximum atomic E-state index is 13.9. The second-order valence-corrected chi connectivity index (χ2v) is 6.44. The topological polar surface area (TPSA) is 44.3 Å². The van der Waals surface area contributed by atoms with Crippen LogP contribution >= 0.6 is 0 Å². The van der Waals surface area contributed by atoms with Crippen LogP contribution in [0.1, 0.15) is 13.8 Å². The van der Waals surface area contributed by atoms with Crippen LogP contribution in [-0.4, -0.2) is 42.7 Å². The molecule has 1 fully saturated rings. The van der Waals surface area contributed by atoms with E-state index in [0.29, 0.717) is 17.6 Å². The van der Waals surface area contributed by atoms with Gasteiger partial charge in [-0.1, -0.05) is 26.0 Å². The molecule has 24 heavy (non-hydrogen) atoms. The Morgan fingerprint density at radius 1 is 1.08 bits per heavy atom. The van der Waals surface area contributed by atoms with Crippen LogP contribution in [0.5, 0.6) is 0 Å². The molecule has 0 bridgehead atoms. The predicted octanol–water partition coefficient (Wildman–Crippen LogP) is 3.01. The van der Waals surface area contributed by atoms with E-state index in [4.69, 9.17) is 0 Å². The average molecular weight is 329 g/mol. The lowest BCUT2D eigenvalue weighted by Gasteiger charge is -2.36. The van der Waals surface area contributed by atoms with Crippen LogP contribution in [0, 0.1) is 11.7 Å². The number of nitrogens with zero attached hydrogens (tertiary/aromatic N) is 4. The molecule has 0 saturated carbocycles. The normalized spacial score (nSPS) is 15.0. The van der Waals surface area contributed by atoms with Gasteiger partial charge in [-0.05, 0) is 24.1 Å². The molecular formula is C18H24FN5. The molecule has 1 saturated heterocycles. The SMILES string of the molecule is CC(C)CNc1nccc(N2CCN(c3ccccc3F)CC2)n1. The van der Waals surface area contributed by atoms with Gasteiger partial charge in [-0.25, -0.2) is 9.37 Å². The summed E-state index contributed by atoms with van der Waals surface area (Å²) in [4.78, 5) is 13.2. The lowest BCUT2D eigenvalue weighted by molar-refractivity contribution is 0.596. The molecule has 1 aromatic heterocycles. The Morgan fingerprint density at radius 3 is 2.50 bits per heavy atom. The van der Waals surface area contributed by atoms with Crippen molar-refractivity contribution in [2.75, 3.05) is 47.8 Å². The zero-order chi connectivity index (χ0) is 16.9. The Bertz CT molecular complexity index is 668. The van der Waals surface area contributed by atoms with E-state index in [1.54, 1.807) is 12.3 Å². The number of halogens is 1. The number of hydrogen-bond donors (Lipinski definition) is 1. The van der Waals surface area contributed by atoms with Gasteiger partial charge in [0.2, 0.25) is 5.95 Å². The first-order valence-corrected chi connectivity index (χ1v) is 8.45. The van der Waals surface area contributed by atoms with E-state index in [0.717, 1.165) is 38.5 Å². The summed E-state index contributed by atoms with van der Waals surface area (Å²) in [5, 5.41) is 3.26. The number of hydrogen-bond acceptors (Lipinski definition) is 5. The van der Waals surface area contributed by atoms with Crippen LogP contribution in [0.4, 0.5) is 21.8 Å². The Hall–Kier alpha value is -2.37. The maximum Gasteiger partial charge on any atom is 0.224 e. The third-order valence-corrected chi connectivity index (χ3v) is 4.11. The molecule has 0 amide bonds. The molecule has 1 aromatic carbocycles. The van der Waals surface area contributed by atoms with Gasteiger partial charge in [0.15, 0.2) is 0 Å². The molecular weight excluding hydrogens is 305 g/mol. The van der Waals surface area contributed by atoms with Crippen LogP contribution in [-0.2, 0) is 0 Å². The highest BCUT2D eigenvalue weighted by molar-refractivity contribution is 5.51. The molecule has 2 aromatic rings. The van der Waals surface area contributed by atoms with Crippen LogP contribution < -0.4 is 15.1 Å². The molecule has 0 atom stereocenters. The molecule has 1 aliphatic rings. The fraction of sp³-hybridized carbons (Fsp3) is 0.444. The first kappa shape index (κ1) is 16.5. The highest BCUT2D eigenvalue weighted by atomic mass is 19.1. The van der Waals surface area contributed by atoms with Gasteiger partial charge in [0.25, 0.3) is 0 Å². The molecule has 0 unspecified atom stereocenters. The lowest BCUT2D eigenvalue weighted by atomic mass is 10.2. The molecule has 0 aliphatic carbocycles. The highest BCUT2D eigenvalue weighted by Gasteiger charge is 2.20. The fourth-order valence-electron chi connectivity index (χ4n) is 2.79. The molecule has 128 valence electrons. The van der Waals surface area contributed by atoms with Crippen molar-refractivity contribution in [1.29, 1.82) is 0 Å². The van der Waals surface area contributed by atoms with Crippen molar-refractivity contribution in [1.82, 2.24) is 9.97 Å². The fourth-order valence-corrected chi connectivity index (χ4v) is 2.79. The molecule has 3 rings (SSSR count). The average Bonchev–Trinajstić information content (AvgIpc) is 2.61. The third-order valence-electron chi connectivity index (χ3n) is 4.11. The van der Waals surface area contributed by atoms with Crippen LogP contribution in [0.15, 0.2) is 36.5 Å². The standard InChI is InChI=1S/C18H24FN5/c1-14(2)13-21-18-20-8-7-17(22-18)24-11-9-23(10-12-24)16-6-4-3-5-15(16)19/h3-8,14H,9-13H2,1-2H3,(H,20,21,22). The van der Waals surface area contributed by atoms with E-state index in [1.807, 2.05) is 18.2 Å². The van der Waals surface area contributed by atoms with Crippen molar-refractivity contribution in [3.05, 3.63) is 42.3 Å². The second kappa shape index (κ2) is 7.47. The van der Waals surface area contributed by atoms with Crippen molar-refractivity contribution in [3.63, 3.8) is 0 Å². The molecule has 1 aliphatic heterocycles. The van der Waals surface area contributed by atoms with Crippen LogP contribution in [0.25, 0.3) is 0 Å². The minimum atomic E-state index is -0.159. The number of para-hydroxylation sites is 1. The number of anilines is 3. The predicted molar refractivity (Wildman–Crippen MR) is 96.2 cm³/mol. The van der Waals surface area contributed by atoms with Crippen molar-refractivity contribution >= 4 is 17.5 Å². The van der Waals surface area contributed by atoms with Gasteiger partial charge >= 0.3 is 0 Å².